The third-order valence-electron chi connectivity index (χ3n) is 4.13. The molecule has 2 rings (SSSR count). The minimum atomic E-state index is -0.108. The summed E-state index contributed by atoms with van der Waals surface area (Å²) in [6, 6.07) is 0. The van der Waals surface area contributed by atoms with E-state index in [0.717, 1.165) is 13.1 Å². The smallest absolute Gasteiger partial charge is 0.227 e. The van der Waals surface area contributed by atoms with Gasteiger partial charge in [0.2, 0.25) is 11.8 Å². The van der Waals surface area contributed by atoms with Crippen LogP contribution in [-0.2, 0) is 16.0 Å². The average molecular weight is 324 g/mol. The Hall–Kier alpha value is -1.47. The molecule has 0 spiro atoms. The molecule has 0 aromatic carbocycles. The van der Waals surface area contributed by atoms with E-state index in [-0.39, 0.29) is 23.7 Å². The summed E-state index contributed by atoms with van der Waals surface area (Å²) in [6.07, 6.45) is 1.26. The molecule has 1 aromatic rings. The van der Waals surface area contributed by atoms with E-state index in [4.69, 9.17) is 9.26 Å². The molecule has 0 aliphatic carbocycles. The Balaban J connectivity index is 1.77. The summed E-state index contributed by atoms with van der Waals surface area (Å²) in [4.78, 5) is 18.5. The first-order valence-electron chi connectivity index (χ1n) is 8.22. The Bertz CT molecular complexity index is 519. The minimum absolute atomic E-state index is 0.00304. The van der Waals surface area contributed by atoms with Crippen molar-refractivity contribution in [2.75, 3.05) is 19.6 Å². The van der Waals surface area contributed by atoms with Crippen LogP contribution in [0.5, 0.6) is 0 Å². The molecule has 1 aliphatic heterocycles. The number of carbonyl (C=O) groups is 1. The molecule has 2 atom stereocenters. The second-order valence-electron chi connectivity index (χ2n) is 6.99. The number of aromatic nitrogens is 2. The van der Waals surface area contributed by atoms with Gasteiger partial charge in [-0.05, 0) is 34.6 Å². The molecule has 7 heteroatoms. The van der Waals surface area contributed by atoms with E-state index in [2.05, 4.69) is 48.1 Å². The first-order valence-corrected chi connectivity index (χ1v) is 8.22. The summed E-state index contributed by atoms with van der Waals surface area (Å²) in [5.41, 5.74) is -0.108. The first kappa shape index (κ1) is 17.9. The number of morpholine rings is 1. The lowest BCUT2D eigenvalue weighted by Gasteiger charge is -2.45. The number of nitrogens with one attached hydrogen (secondary N) is 1. The number of hydrogen-bond acceptors (Lipinski definition) is 6. The topological polar surface area (TPSA) is 80.5 Å². The summed E-state index contributed by atoms with van der Waals surface area (Å²) in [7, 11) is 0. The summed E-state index contributed by atoms with van der Waals surface area (Å²) in [5.74, 6) is 1.10. The number of carbonyl (C=O) groups excluding carboxylic acids is 1. The normalized spacial score (nSPS) is 23.0. The standard InChI is InChI=1S/C16H28N4O3/c1-11-8-20(9-12(2)22-11)16(4,5)10-17-14(21)6-7-15-18-13(3)19-23-15/h11-12H,6-10H2,1-5H3,(H,17,21). The maximum Gasteiger partial charge on any atom is 0.227 e. The summed E-state index contributed by atoms with van der Waals surface area (Å²) in [5, 5.41) is 6.73. The molecule has 130 valence electrons. The Labute approximate surface area is 137 Å². The molecule has 23 heavy (non-hydrogen) atoms. The molecule has 7 nitrogen and oxygen atoms in total. The lowest BCUT2D eigenvalue weighted by Crippen LogP contribution is -2.58. The molecule has 1 N–H and O–H groups in total. The van der Waals surface area contributed by atoms with E-state index in [0.29, 0.717) is 31.1 Å². The number of ether oxygens (including phenoxy) is 1. The van der Waals surface area contributed by atoms with Crippen molar-refractivity contribution in [2.45, 2.75) is 65.2 Å². The monoisotopic (exact) mass is 324 g/mol. The highest BCUT2D eigenvalue weighted by molar-refractivity contribution is 5.76. The van der Waals surface area contributed by atoms with Crippen molar-refractivity contribution in [2.24, 2.45) is 0 Å². The molecule has 1 amide bonds. The van der Waals surface area contributed by atoms with Gasteiger partial charge in [-0.3, -0.25) is 9.69 Å². The predicted octanol–water partition coefficient (Wildman–Crippen LogP) is 1.31. The van der Waals surface area contributed by atoms with Crippen LogP contribution in [0.1, 0.15) is 45.8 Å². The number of nitrogens with zero attached hydrogens (tertiary/aromatic N) is 3. The fourth-order valence-corrected chi connectivity index (χ4v) is 2.85. The molecule has 1 saturated heterocycles. The number of aryl methyl sites for hydroxylation is 2. The van der Waals surface area contributed by atoms with Gasteiger partial charge in [0.25, 0.3) is 0 Å². The Morgan fingerprint density at radius 3 is 2.57 bits per heavy atom. The molecular weight excluding hydrogens is 296 g/mol. The lowest BCUT2D eigenvalue weighted by molar-refractivity contribution is -0.123. The van der Waals surface area contributed by atoms with Crippen LogP contribution in [0.4, 0.5) is 0 Å². The van der Waals surface area contributed by atoms with Crippen molar-refractivity contribution >= 4 is 5.91 Å². The lowest BCUT2D eigenvalue weighted by atomic mass is 10.00. The van der Waals surface area contributed by atoms with E-state index in [1.165, 1.54) is 0 Å². The van der Waals surface area contributed by atoms with Crippen molar-refractivity contribution < 1.29 is 14.1 Å². The molecule has 0 radical (unpaired) electrons. The van der Waals surface area contributed by atoms with Crippen LogP contribution in [0.25, 0.3) is 0 Å². The van der Waals surface area contributed by atoms with Crippen molar-refractivity contribution in [1.82, 2.24) is 20.4 Å². The zero-order valence-corrected chi connectivity index (χ0v) is 14.8. The maximum atomic E-state index is 12.0. The van der Waals surface area contributed by atoms with Gasteiger partial charge in [0.15, 0.2) is 5.82 Å². The summed E-state index contributed by atoms with van der Waals surface area (Å²) < 4.78 is 10.8. The van der Waals surface area contributed by atoms with Crippen molar-refractivity contribution in [3.63, 3.8) is 0 Å². The fourth-order valence-electron chi connectivity index (χ4n) is 2.85. The van der Waals surface area contributed by atoms with E-state index in [1.807, 2.05) is 0 Å². The molecule has 1 aliphatic rings. The molecule has 2 heterocycles. The second kappa shape index (κ2) is 7.40. The molecule has 1 aromatic heterocycles. The van der Waals surface area contributed by atoms with Gasteiger partial charge in [-0.1, -0.05) is 5.16 Å². The van der Waals surface area contributed by atoms with Crippen molar-refractivity contribution in [3.05, 3.63) is 11.7 Å². The largest absolute Gasteiger partial charge is 0.373 e. The predicted molar refractivity (Wildman–Crippen MR) is 86.0 cm³/mol. The van der Waals surface area contributed by atoms with Gasteiger partial charge >= 0.3 is 0 Å². The van der Waals surface area contributed by atoms with Crippen LogP contribution in [-0.4, -0.2) is 58.3 Å². The van der Waals surface area contributed by atoms with E-state index >= 15 is 0 Å². The van der Waals surface area contributed by atoms with Crippen LogP contribution in [0.15, 0.2) is 4.52 Å². The fraction of sp³-hybridized carbons (Fsp3) is 0.812. The van der Waals surface area contributed by atoms with Gasteiger partial charge in [0.1, 0.15) is 0 Å². The maximum absolute atomic E-state index is 12.0. The number of rotatable bonds is 6. The first-order chi connectivity index (χ1) is 10.8. The Morgan fingerprint density at radius 1 is 1.35 bits per heavy atom. The highest BCUT2D eigenvalue weighted by Gasteiger charge is 2.33. The van der Waals surface area contributed by atoms with Crippen LogP contribution >= 0.6 is 0 Å². The van der Waals surface area contributed by atoms with E-state index < -0.39 is 0 Å². The molecular formula is C16H28N4O3. The summed E-state index contributed by atoms with van der Waals surface area (Å²) in [6.45, 7) is 12.6. The van der Waals surface area contributed by atoms with E-state index in [1.54, 1.807) is 6.92 Å². The third-order valence-corrected chi connectivity index (χ3v) is 4.13. The van der Waals surface area contributed by atoms with Crippen LogP contribution < -0.4 is 5.32 Å². The van der Waals surface area contributed by atoms with Crippen molar-refractivity contribution in [3.8, 4) is 0 Å². The van der Waals surface area contributed by atoms with Gasteiger partial charge in [-0.15, -0.1) is 0 Å². The third kappa shape index (κ3) is 5.28. The number of amides is 1. The zero-order chi connectivity index (χ0) is 17.0. The Morgan fingerprint density at radius 2 is 2.00 bits per heavy atom. The van der Waals surface area contributed by atoms with Crippen molar-refractivity contribution in [1.29, 1.82) is 0 Å². The number of hydrogen-bond donors (Lipinski definition) is 1. The van der Waals surface area contributed by atoms with Crippen LogP contribution in [0.3, 0.4) is 0 Å². The average Bonchev–Trinajstić information content (AvgIpc) is 2.88. The van der Waals surface area contributed by atoms with E-state index in [9.17, 15) is 4.79 Å². The van der Waals surface area contributed by atoms with Gasteiger partial charge in [-0.2, -0.15) is 4.98 Å². The SMILES string of the molecule is Cc1noc(CCC(=O)NCC(C)(C)N2CC(C)OC(C)C2)n1. The minimum Gasteiger partial charge on any atom is -0.373 e. The van der Waals surface area contributed by atoms with Gasteiger partial charge < -0.3 is 14.6 Å². The van der Waals surface area contributed by atoms with Crippen LogP contribution in [0.2, 0.25) is 0 Å². The molecule has 1 fully saturated rings. The highest BCUT2D eigenvalue weighted by atomic mass is 16.5. The van der Waals surface area contributed by atoms with Gasteiger partial charge in [0.05, 0.1) is 12.2 Å². The molecule has 2 unspecified atom stereocenters. The summed E-state index contributed by atoms with van der Waals surface area (Å²) >= 11 is 0. The molecule has 0 bridgehead atoms. The zero-order valence-electron chi connectivity index (χ0n) is 14.8. The Kier molecular flexibility index (Phi) is 5.75. The van der Waals surface area contributed by atoms with Gasteiger partial charge in [0, 0.05) is 38.0 Å². The quantitative estimate of drug-likeness (QED) is 0.850. The van der Waals surface area contributed by atoms with Crippen LogP contribution in [0, 0.1) is 6.92 Å². The van der Waals surface area contributed by atoms with Gasteiger partial charge in [-0.25, -0.2) is 0 Å². The highest BCUT2D eigenvalue weighted by Crippen LogP contribution is 2.20. The molecule has 0 saturated carbocycles. The second-order valence-corrected chi connectivity index (χ2v) is 6.99.